The van der Waals surface area contributed by atoms with Crippen LogP contribution in [0, 0.1) is 0 Å². The second kappa shape index (κ2) is 11.5. The zero-order valence-corrected chi connectivity index (χ0v) is 19.1. The Morgan fingerprint density at radius 3 is 2.81 bits per heavy atom. The maximum atomic E-state index is 6.11. The SMILES string of the molecule is CN=C(NCc1cccnc1OC1CCCC1)NCC(C)c1cccs1.I. The number of hydrogen-bond acceptors (Lipinski definition) is 4. The Hall–Kier alpha value is -1.35. The zero-order chi connectivity index (χ0) is 18.2. The second-order valence-corrected chi connectivity index (χ2v) is 7.69. The first-order valence-electron chi connectivity index (χ1n) is 9.34. The first-order chi connectivity index (χ1) is 12.8. The summed E-state index contributed by atoms with van der Waals surface area (Å²) in [6.45, 7) is 3.71. The number of pyridine rings is 1. The van der Waals surface area contributed by atoms with Crippen LogP contribution in [-0.4, -0.2) is 30.6 Å². The average Bonchev–Trinajstić information content (AvgIpc) is 3.37. The maximum absolute atomic E-state index is 6.11. The van der Waals surface area contributed by atoms with Gasteiger partial charge in [0.15, 0.2) is 5.96 Å². The lowest BCUT2D eigenvalue weighted by Crippen LogP contribution is -2.38. The highest BCUT2D eigenvalue weighted by atomic mass is 127. The fraction of sp³-hybridized carbons (Fsp3) is 0.500. The van der Waals surface area contributed by atoms with E-state index < -0.39 is 0 Å². The predicted molar refractivity (Wildman–Crippen MR) is 123 cm³/mol. The van der Waals surface area contributed by atoms with E-state index in [0.717, 1.165) is 36.8 Å². The molecule has 0 spiro atoms. The molecule has 5 nitrogen and oxygen atoms in total. The third-order valence-electron chi connectivity index (χ3n) is 4.70. The Morgan fingerprint density at radius 1 is 1.30 bits per heavy atom. The number of nitrogens with zero attached hydrogens (tertiary/aromatic N) is 2. The van der Waals surface area contributed by atoms with Gasteiger partial charge in [-0.3, -0.25) is 4.99 Å². The van der Waals surface area contributed by atoms with Crippen LogP contribution in [0.2, 0.25) is 0 Å². The van der Waals surface area contributed by atoms with E-state index in [1.165, 1.54) is 17.7 Å². The molecule has 0 amide bonds. The van der Waals surface area contributed by atoms with Gasteiger partial charge in [-0.25, -0.2) is 4.98 Å². The van der Waals surface area contributed by atoms with Gasteiger partial charge < -0.3 is 15.4 Å². The number of hydrogen-bond donors (Lipinski definition) is 2. The lowest BCUT2D eigenvalue weighted by molar-refractivity contribution is 0.199. The van der Waals surface area contributed by atoms with Gasteiger partial charge in [-0.2, -0.15) is 0 Å². The van der Waals surface area contributed by atoms with Crippen LogP contribution in [0.25, 0.3) is 0 Å². The quantitative estimate of drug-likeness (QED) is 0.333. The van der Waals surface area contributed by atoms with Crippen LogP contribution in [0.1, 0.15) is 49.0 Å². The number of guanidine groups is 1. The molecule has 0 aliphatic heterocycles. The number of aromatic nitrogens is 1. The summed E-state index contributed by atoms with van der Waals surface area (Å²) in [4.78, 5) is 10.1. The molecule has 0 saturated heterocycles. The molecule has 0 bridgehead atoms. The van der Waals surface area contributed by atoms with Crippen molar-refractivity contribution in [1.82, 2.24) is 15.6 Å². The maximum Gasteiger partial charge on any atom is 0.218 e. The molecular formula is C20H29IN4OS. The molecule has 1 aliphatic rings. The van der Waals surface area contributed by atoms with Crippen molar-refractivity contribution in [2.45, 2.75) is 51.2 Å². The minimum Gasteiger partial charge on any atom is -0.474 e. The molecule has 2 heterocycles. The number of ether oxygens (including phenoxy) is 1. The van der Waals surface area contributed by atoms with Gasteiger partial charge in [0.05, 0.1) is 0 Å². The molecule has 2 N–H and O–H groups in total. The van der Waals surface area contributed by atoms with E-state index in [2.05, 4.69) is 51.1 Å². The van der Waals surface area contributed by atoms with Gasteiger partial charge in [0, 0.05) is 42.7 Å². The van der Waals surface area contributed by atoms with Gasteiger partial charge >= 0.3 is 0 Å². The summed E-state index contributed by atoms with van der Waals surface area (Å²) >= 11 is 1.79. The number of nitrogens with one attached hydrogen (secondary N) is 2. The first-order valence-corrected chi connectivity index (χ1v) is 10.2. The van der Waals surface area contributed by atoms with Crippen LogP contribution < -0.4 is 15.4 Å². The molecule has 1 saturated carbocycles. The summed E-state index contributed by atoms with van der Waals surface area (Å²) in [5, 5.41) is 8.90. The van der Waals surface area contributed by atoms with Crippen molar-refractivity contribution in [1.29, 1.82) is 0 Å². The molecule has 27 heavy (non-hydrogen) atoms. The number of thiophene rings is 1. The van der Waals surface area contributed by atoms with Crippen LogP contribution in [-0.2, 0) is 6.54 Å². The van der Waals surface area contributed by atoms with Crippen molar-refractivity contribution in [2.24, 2.45) is 4.99 Å². The van der Waals surface area contributed by atoms with Gasteiger partial charge in [-0.15, -0.1) is 35.3 Å². The van der Waals surface area contributed by atoms with Crippen LogP contribution in [0.3, 0.4) is 0 Å². The molecule has 3 rings (SSSR count). The molecule has 0 aromatic carbocycles. The molecule has 2 aromatic heterocycles. The van der Waals surface area contributed by atoms with E-state index in [1.54, 1.807) is 24.6 Å². The summed E-state index contributed by atoms with van der Waals surface area (Å²) in [7, 11) is 1.80. The molecule has 7 heteroatoms. The van der Waals surface area contributed by atoms with Gasteiger partial charge in [-0.1, -0.05) is 19.1 Å². The normalized spacial score (nSPS) is 15.9. The van der Waals surface area contributed by atoms with Crippen molar-refractivity contribution >= 4 is 41.3 Å². The highest BCUT2D eigenvalue weighted by Crippen LogP contribution is 2.25. The van der Waals surface area contributed by atoms with Gasteiger partial charge in [0.25, 0.3) is 0 Å². The van der Waals surface area contributed by atoms with E-state index in [0.29, 0.717) is 18.6 Å². The van der Waals surface area contributed by atoms with E-state index in [1.807, 2.05) is 6.07 Å². The highest BCUT2D eigenvalue weighted by molar-refractivity contribution is 14.0. The molecule has 148 valence electrons. The topological polar surface area (TPSA) is 58.5 Å². The number of halogens is 1. The molecule has 0 radical (unpaired) electrons. The minimum absolute atomic E-state index is 0. The van der Waals surface area contributed by atoms with Crippen molar-refractivity contribution in [3.05, 3.63) is 46.3 Å². The minimum atomic E-state index is 0. The van der Waals surface area contributed by atoms with E-state index >= 15 is 0 Å². The van der Waals surface area contributed by atoms with Gasteiger partial charge in [0.2, 0.25) is 5.88 Å². The van der Waals surface area contributed by atoms with Crippen LogP contribution in [0.15, 0.2) is 40.8 Å². The Kier molecular flexibility index (Phi) is 9.33. The molecule has 1 atom stereocenters. The van der Waals surface area contributed by atoms with Crippen molar-refractivity contribution < 1.29 is 4.74 Å². The Morgan fingerprint density at radius 2 is 2.11 bits per heavy atom. The number of aliphatic imine (C=N–C) groups is 1. The Labute approximate surface area is 183 Å². The summed E-state index contributed by atoms with van der Waals surface area (Å²) < 4.78 is 6.11. The summed E-state index contributed by atoms with van der Waals surface area (Å²) in [6.07, 6.45) is 6.88. The van der Waals surface area contributed by atoms with Gasteiger partial charge in [0.1, 0.15) is 6.10 Å². The predicted octanol–water partition coefficient (Wildman–Crippen LogP) is 4.55. The lowest BCUT2D eigenvalue weighted by Gasteiger charge is -2.18. The summed E-state index contributed by atoms with van der Waals surface area (Å²) in [6, 6.07) is 8.28. The van der Waals surface area contributed by atoms with E-state index in [9.17, 15) is 0 Å². The van der Waals surface area contributed by atoms with Crippen LogP contribution in [0.5, 0.6) is 5.88 Å². The molecule has 1 aliphatic carbocycles. The smallest absolute Gasteiger partial charge is 0.218 e. The Bertz CT molecular complexity index is 702. The van der Waals surface area contributed by atoms with E-state index in [4.69, 9.17) is 4.74 Å². The zero-order valence-electron chi connectivity index (χ0n) is 16.0. The van der Waals surface area contributed by atoms with Crippen LogP contribution >= 0.6 is 35.3 Å². The molecule has 1 fully saturated rings. The summed E-state index contributed by atoms with van der Waals surface area (Å²) in [5.41, 5.74) is 1.06. The number of rotatable bonds is 7. The molecule has 2 aromatic rings. The van der Waals surface area contributed by atoms with E-state index in [-0.39, 0.29) is 24.0 Å². The third kappa shape index (κ3) is 6.64. The third-order valence-corrected chi connectivity index (χ3v) is 5.81. The fourth-order valence-electron chi connectivity index (χ4n) is 3.15. The van der Waals surface area contributed by atoms with Gasteiger partial charge in [-0.05, 0) is 43.2 Å². The Balaban J connectivity index is 0.00000261. The standard InChI is InChI=1S/C20H28N4OS.HI/c1-15(18-10-6-12-26-18)13-23-20(21-2)24-14-16-7-5-11-22-19(16)25-17-8-3-4-9-17;/h5-7,10-12,15,17H,3-4,8-9,13-14H2,1-2H3,(H2,21,23,24);1H. The molecular weight excluding hydrogens is 471 g/mol. The monoisotopic (exact) mass is 500 g/mol. The second-order valence-electron chi connectivity index (χ2n) is 6.72. The lowest BCUT2D eigenvalue weighted by atomic mass is 10.1. The fourth-order valence-corrected chi connectivity index (χ4v) is 3.94. The van der Waals surface area contributed by atoms with Crippen molar-refractivity contribution in [3.8, 4) is 5.88 Å². The molecule has 1 unspecified atom stereocenters. The summed E-state index contributed by atoms with van der Waals surface area (Å²) in [5.74, 6) is 1.99. The van der Waals surface area contributed by atoms with Crippen LogP contribution in [0.4, 0.5) is 0 Å². The average molecular weight is 500 g/mol. The largest absolute Gasteiger partial charge is 0.474 e. The first kappa shape index (κ1) is 21.9. The van der Waals surface area contributed by atoms with Crippen molar-refractivity contribution in [2.75, 3.05) is 13.6 Å². The van der Waals surface area contributed by atoms with Crippen molar-refractivity contribution in [3.63, 3.8) is 0 Å². The highest BCUT2D eigenvalue weighted by Gasteiger charge is 2.18.